The molecular weight excluding hydrogens is 471 g/mol. The molecule has 0 unspecified atom stereocenters. The average Bonchev–Trinajstić information content (AvgIpc) is 3.08. The van der Waals surface area contributed by atoms with Gasteiger partial charge in [0.1, 0.15) is 11.4 Å². The zero-order chi connectivity index (χ0) is 24.8. The molecule has 0 aromatic heterocycles. The number of carbonyl (C=O) groups excluding carboxylic acids is 2. The Hall–Kier alpha value is -3.34. The smallest absolute Gasteiger partial charge is 0.319 e. The number of nitrogens with one attached hydrogen (secondary N) is 1. The standard InChI is InChI=1S/C25H25FN4O4S/c1-25(20-7-9-21(26)10-8-20)23(31)30(24(32)27-25)17-28-12-14-29(15-13-28)35(33,34)22-11-6-18-4-2-3-5-19(18)16-22/h2-11,16H,12-15,17H2,1H3,(H,27,32)/t25-/m1/s1. The van der Waals surface area contributed by atoms with Gasteiger partial charge in [0.15, 0.2) is 0 Å². The fraction of sp³-hybridized carbons (Fsp3) is 0.280. The van der Waals surface area contributed by atoms with Gasteiger partial charge in [0.2, 0.25) is 10.0 Å². The topological polar surface area (TPSA) is 90.0 Å². The van der Waals surface area contributed by atoms with Crippen LogP contribution in [0.5, 0.6) is 0 Å². The number of nitrogens with zero attached hydrogens (tertiary/aromatic N) is 3. The summed E-state index contributed by atoms with van der Waals surface area (Å²) in [6.07, 6.45) is 0. The molecule has 0 bridgehead atoms. The van der Waals surface area contributed by atoms with E-state index in [0.29, 0.717) is 18.7 Å². The third-order valence-corrected chi connectivity index (χ3v) is 8.62. The number of urea groups is 1. The molecule has 35 heavy (non-hydrogen) atoms. The summed E-state index contributed by atoms with van der Waals surface area (Å²) in [6, 6.07) is 17.6. The van der Waals surface area contributed by atoms with Crippen molar-refractivity contribution in [3.63, 3.8) is 0 Å². The van der Waals surface area contributed by atoms with Gasteiger partial charge in [-0.3, -0.25) is 9.69 Å². The van der Waals surface area contributed by atoms with E-state index in [0.717, 1.165) is 15.7 Å². The molecule has 0 radical (unpaired) electrons. The Morgan fingerprint density at radius 1 is 0.914 bits per heavy atom. The van der Waals surface area contributed by atoms with E-state index < -0.39 is 33.3 Å². The molecule has 5 rings (SSSR count). The van der Waals surface area contributed by atoms with E-state index in [-0.39, 0.29) is 24.7 Å². The Bertz CT molecular complexity index is 1400. The molecule has 182 valence electrons. The molecule has 2 aliphatic rings. The Kier molecular flexibility index (Phi) is 5.82. The number of fused-ring (bicyclic) bond motifs is 1. The predicted molar refractivity (Wildman–Crippen MR) is 128 cm³/mol. The number of carbonyl (C=O) groups is 2. The Labute approximate surface area is 203 Å². The van der Waals surface area contributed by atoms with Gasteiger partial charge in [-0.2, -0.15) is 4.31 Å². The molecule has 2 aliphatic heterocycles. The van der Waals surface area contributed by atoms with Gasteiger partial charge in [-0.1, -0.05) is 42.5 Å². The van der Waals surface area contributed by atoms with Gasteiger partial charge in [-0.25, -0.2) is 22.5 Å². The highest BCUT2D eigenvalue weighted by Gasteiger charge is 2.49. The summed E-state index contributed by atoms with van der Waals surface area (Å²) >= 11 is 0. The van der Waals surface area contributed by atoms with Crippen LogP contribution < -0.4 is 5.32 Å². The van der Waals surface area contributed by atoms with Crippen LogP contribution in [-0.2, 0) is 20.4 Å². The van der Waals surface area contributed by atoms with E-state index in [1.165, 1.54) is 28.6 Å². The second-order valence-corrected chi connectivity index (χ2v) is 10.9. The molecule has 3 aromatic carbocycles. The third-order valence-electron chi connectivity index (χ3n) is 6.73. The SMILES string of the molecule is C[C@]1(c2ccc(F)cc2)NC(=O)N(CN2CCN(S(=O)(=O)c3ccc4ccccc4c3)CC2)C1=O. The number of piperazine rings is 1. The van der Waals surface area contributed by atoms with Gasteiger partial charge in [-0.15, -0.1) is 0 Å². The highest BCUT2D eigenvalue weighted by molar-refractivity contribution is 7.89. The minimum absolute atomic E-state index is 0.0469. The Balaban J connectivity index is 1.25. The number of hydrogen-bond acceptors (Lipinski definition) is 5. The van der Waals surface area contributed by atoms with E-state index in [4.69, 9.17) is 0 Å². The monoisotopic (exact) mass is 496 g/mol. The first-order valence-electron chi connectivity index (χ1n) is 11.3. The average molecular weight is 497 g/mol. The molecular formula is C25H25FN4O4S. The molecule has 1 N–H and O–H groups in total. The first-order valence-corrected chi connectivity index (χ1v) is 12.7. The maximum atomic E-state index is 13.3. The predicted octanol–water partition coefficient (Wildman–Crippen LogP) is 2.71. The van der Waals surface area contributed by atoms with Crippen molar-refractivity contribution in [1.29, 1.82) is 0 Å². The van der Waals surface area contributed by atoms with Gasteiger partial charge < -0.3 is 5.32 Å². The number of hydrogen-bond donors (Lipinski definition) is 1. The van der Waals surface area contributed by atoms with E-state index in [2.05, 4.69) is 5.32 Å². The summed E-state index contributed by atoms with van der Waals surface area (Å²) in [4.78, 5) is 29.0. The second kappa shape index (κ2) is 8.71. The van der Waals surface area contributed by atoms with Crippen LogP contribution >= 0.6 is 0 Å². The fourth-order valence-electron chi connectivity index (χ4n) is 4.59. The van der Waals surface area contributed by atoms with E-state index in [1.807, 2.05) is 29.2 Å². The molecule has 0 spiro atoms. The van der Waals surface area contributed by atoms with E-state index in [9.17, 15) is 22.4 Å². The number of sulfonamides is 1. The van der Waals surface area contributed by atoms with Crippen LogP contribution in [0.25, 0.3) is 10.8 Å². The quantitative estimate of drug-likeness (QED) is 0.549. The molecule has 8 nitrogen and oxygen atoms in total. The molecule has 3 amide bonds. The number of halogens is 1. The number of rotatable bonds is 5. The van der Waals surface area contributed by atoms with Crippen LogP contribution in [0.1, 0.15) is 12.5 Å². The van der Waals surface area contributed by atoms with Crippen molar-refractivity contribution in [3.8, 4) is 0 Å². The molecule has 3 aromatic rings. The summed E-state index contributed by atoms with van der Waals surface area (Å²) in [5, 5.41) is 4.53. The third kappa shape index (κ3) is 4.18. The summed E-state index contributed by atoms with van der Waals surface area (Å²) in [6.45, 7) is 2.87. The number of benzene rings is 3. The first kappa shape index (κ1) is 23.4. The van der Waals surface area contributed by atoms with Crippen LogP contribution in [0.4, 0.5) is 9.18 Å². The van der Waals surface area contributed by atoms with Gasteiger partial charge in [0.05, 0.1) is 11.6 Å². The zero-order valence-electron chi connectivity index (χ0n) is 19.1. The maximum Gasteiger partial charge on any atom is 0.326 e. The van der Waals surface area contributed by atoms with E-state index in [1.54, 1.807) is 25.1 Å². The van der Waals surface area contributed by atoms with Crippen LogP contribution in [0, 0.1) is 5.82 Å². The van der Waals surface area contributed by atoms with Crippen LogP contribution in [-0.4, -0.2) is 67.3 Å². The molecule has 2 heterocycles. The van der Waals surface area contributed by atoms with Gasteiger partial charge in [0.25, 0.3) is 5.91 Å². The van der Waals surface area contributed by atoms with E-state index >= 15 is 0 Å². The molecule has 2 fully saturated rings. The number of imide groups is 1. The van der Waals surface area contributed by atoms with Crippen molar-refractivity contribution >= 4 is 32.7 Å². The minimum Gasteiger partial charge on any atom is -0.319 e. The van der Waals surface area contributed by atoms with Crippen molar-refractivity contribution in [2.45, 2.75) is 17.4 Å². The first-order chi connectivity index (χ1) is 16.7. The maximum absolute atomic E-state index is 13.3. The largest absolute Gasteiger partial charge is 0.326 e. The highest BCUT2D eigenvalue weighted by atomic mass is 32.2. The van der Waals surface area contributed by atoms with Crippen LogP contribution in [0.3, 0.4) is 0 Å². The van der Waals surface area contributed by atoms with Gasteiger partial charge >= 0.3 is 6.03 Å². The zero-order valence-corrected chi connectivity index (χ0v) is 20.0. The molecule has 0 aliphatic carbocycles. The van der Waals surface area contributed by atoms with Crippen molar-refractivity contribution < 1.29 is 22.4 Å². The lowest BCUT2D eigenvalue weighted by Gasteiger charge is -2.35. The van der Waals surface area contributed by atoms with Gasteiger partial charge in [-0.05, 0) is 47.5 Å². The summed E-state index contributed by atoms with van der Waals surface area (Å²) in [7, 11) is -3.67. The van der Waals surface area contributed by atoms with Crippen molar-refractivity contribution in [3.05, 3.63) is 78.1 Å². The van der Waals surface area contributed by atoms with Crippen molar-refractivity contribution in [2.75, 3.05) is 32.8 Å². The summed E-state index contributed by atoms with van der Waals surface area (Å²) in [5.74, 6) is -0.859. The van der Waals surface area contributed by atoms with Crippen LogP contribution in [0.2, 0.25) is 0 Å². The van der Waals surface area contributed by atoms with Crippen molar-refractivity contribution in [1.82, 2.24) is 19.4 Å². The summed E-state index contributed by atoms with van der Waals surface area (Å²) < 4.78 is 41.2. The van der Waals surface area contributed by atoms with Crippen LogP contribution in [0.15, 0.2) is 71.6 Å². The van der Waals surface area contributed by atoms with Gasteiger partial charge in [0, 0.05) is 26.2 Å². The number of amides is 3. The Morgan fingerprint density at radius 2 is 1.57 bits per heavy atom. The molecule has 1 atom stereocenters. The van der Waals surface area contributed by atoms with Crippen molar-refractivity contribution in [2.24, 2.45) is 0 Å². The Morgan fingerprint density at radius 3 is 2.26 bits per heavy atom. The highest BCUT2D eigenvalue weighted by Crippen LogP contribution is 2.29. The fourth-order valence-corrected chi connectivity index (χ4v) is 6.05. The molecule has 0 saturated carbocycles. The lowest BCUT2D eigenvalue weighted by molar-refractivity contribution is -0.132. The lowest BCUT2D eigenvalue weighted by atomic mass is 9.92. The molecule has 2 saturated heterocycles. The second-order valence-electron chi connectivity index (χ2n) is 8.97. The molecule has 10 heteroatoms. The summed E-state index contributed by atoms with van der Waals surface area (Å²) in [5.41, 5.74) is -0.794. The lowest BCUT2D eigenvalue weighted by Crippen LogP contribution is -2.52. The normalized spacial score (nSPS) is 22.1. The minimum atomic E-state index is -3.67.